The van der Waals surface area contributed by atoms with Gasteiger partial charge in [-0.15, -0.1) is 0 Å². The van der Waals surface area contributed by atoms with Gasteiger partial charge in [-0.25, -0.2) is 0 Å². The molecule has 1 heterocycles. The fourth-order valence-electron chi connectivity index (χ4n) is 1.44. The van der Waals surface area contributed by atoms with Crippen molar-refractivity contribution >= 4 is 0 Å². The number of hydrogen-bond donors (Lipinski definition) is 1. The van der Waals surface area contributed by atoms with Crippen LogP contribution in [0.5, 0.6) is 0 Å². The van der Waals surface area contributed by atoms with E-state index < -0.39 is 0 Å². The zero-order valence-electron chi connectivity index (χ0n) is 9.86. The van der Waals surface area contributed by atoms with E-state index in [-0.39, 0.29) is 0 Å². The number of ether oxygens (including phenoxy) is 1. The summed E-state index contributed by atoms with van der Waals surface area (Å²) in [7, 11) is 1.71. The lowest BCUT2D eigenvalue weighted by atomic mass is 10.2. The molecule has 0 unspecified atom stereocenters. The summed E-state index contributed by atoms with van der Waals surface area (Å²) in [5, 5.41) is 7.65. The van der Waals surface area contributed by atoms with Crippen LogP contribution in [0.1, 0.15) is 32.0 Å². The second-order valence-corrected chi connectivity index (χ2v) is 3.69. The molecule has 0 radical (unpaired) electrons. The fourth-order valence-corrected chi connectivity index (χ4v) is 1.44. The number of aromatic nitrogens is 2. The van der Waals surface area contributed by atoms with Gasteiger partial charge in [-0.2, -0.15) is 5.10 Å². The van der Waals surface area contributed by atoms with Crippen molar-refractivity contribution in [3.05, 3.63) is 18.0 Å². The molecule has 0 aliphatic carbocycles. The lowest BCUT2D eigenvalue weighted by Crippen LogP contribution is -2.21. The average molecular weight is 211 g/mol. The Bertz CT molecular complexity index is 273. The summed E-state index contributed by atoms with van der Waals surface area (Å²) in [6.45, 7) is 6.84. The maximum absolute atomic E-state index is 4.98. The first-order chi connectivity index (χ1) is 7.29. The molecule has 0 aliphatic rings. The molecule has 15 heavy (non-hydrogen) atoms. The molecule has 1 aromatic heterocycles. The second kappa shape index (κ2) is 6.58. The van der Waals surface area contributed by atoms with Crippen molar-refractivity contribution in [2.24, 2.45) is 0 Å². The lowest BCUT2D eigenvalue weighted by molar-refractivity contribution is 0.198. The van der Waals surface area contributed by atoms with E-state index in [9.17, 15) is 0 Å². The van der Waals surface area contributed by atoms with Gasteiger partial charge in [0, 0.05) is 32.4 Å². The fraction of sp³-hybridized carbons (Fsp3) is 0.727. The molecule has 0 bridgehead atoms. The SMILES string of the molecule is CC[C@H](C)n1nccc1CNCCOC. The van der Waals surface area contributed by atoms with Crippen LogP contribution >= 0.6 is 0 Å². The molecule has 86 valence electrons. The van der Waals surface area contributed by atoms with E-state index in [1.54, 1.807) is 7.11 Å². The van der Waals surface area contributed by atoms with Gasteiger partial charge >= 0.3 is 0 Å². The van der Waals surface area contributed by atoms with Crippen molar-refractivity contribution in [1.29, 1.82) is 0 Å². The zero-order chi connectivity index (χ0) is 11.1. The molecule has 0 amide bonds. The van der Waals surface area contributed by atoms with E-state index in [2.05, 4.69) is 35.0 Å². The van der Waals surface area contributed by atoms with E-state index in [4.69, 9.17) is 4.74 Å². The smallest absolute Gasteiger partial charge is 0.0587 e. The lowest BCUT2D eigenvalue weighted by Gasteiger charge is -2.14. The third-order valence-corrected chi connectivity index (χ3v) is 2.55. The normalized spacial score (nSPS) is 13.0. The predicted octanol–water partition coefficient (Wildman–Crippen LogP) is 1.59. The molecule has 1 aromatic rings. The highest BCUT2D eigenvalue weighted by Crippen LogP contribution is 2.11. The highest BCUT2D eigenvalue weighted by molar-refractivity contribution is 5.01. The van der Waals surface area contributed by atoms with Crippen LogP contribution in [0, 0.1) is 0 Å². The van der Waals surface area contributed by atoms with Gasteiger partial charge in [0.25, 0.3) is 0 Å². The topological polar surface area (TPSA) is 39.1 Å². The van der Waals surface area contributed by atoms with Crippen LogP contribution in [0.25, 0.3) is 0 Å². The van der Waals surface area contributed by atoms with Crippen LogP contribution < -0.4 is 5.32 Å². The number of hydrogen-bond acceptors (Lipinski definition) is 3. The Hall–Kier alpha value is -0.870. The van der Waals surface area contributed by atoms with Crippen molar-refractivity contribution in [2.75, 3.05) is 20.3 Å². The van der Waals surface area contributed by atoms with E-state index in [0.29, 0.717) is 6.04 Å². The quantitative estimate of drug-likeness (QED) is 0.696. The molecular weight excluding hydrogens is 190 g/mol. The van der Waals surface area contributed by atoms with E-state index in [1.807, 2.05) is 6.20 Å². The van der Waals surface area contributed by atoms with E-state index in [0.717, 1.165) is 26.1 Å². The number of nitrogens with zero attached hydrogens (tertiary/aromatic N) is 2. The summed E-state index contributed by atoms with van der Waals surface area (Å²) in [5.74, 6) is 0. The van der Waals surface area contributed by atoms with Crippen LogP contribution in [0.3, 0.4) is 0 Å². The molecule has 1 rings (SSSR count). The van der Waals surface area contributed by atoms with Crippen molar-refractivity contribution in [1.82, 2.24) is 15.1 Å². The Morgan fingerprint density at radius 3 is 3.07 bits per heavy atom. The van der Waals surface area contributed by atoms with Crippen LogP contribution in [0.15, 0.2) is 12.3 Å². The van der Waals surface area contributed by atoms with Crippen LogP contribution in [0.4, 0.5) is 0 Å². The Morgan fingerprint density at radius 2 is 2.40 bits per heavy atom. The van der Waals surface area contributed by atoms with E-state index >= 15 is 0 Å². The summed E-state index contributed by atoms with van der Waals surface area (Å²) >= 11 is 0. The molecule has 0 saturated carbocycles. The average Bonchev–Trinajstić information content (AvgIpc) is 2.71. The van der Waals surface area contributed by atoms with Crippen LogP contribution in [-0.2, 0) is 11.3 Å². The van der Waals surface area contributed by atoms with Crippen molar-refractivity contribution in [3.63, 3.8) is 0 Å². The molecule has 0 aromatic carbocycles. The Kier molecular flexibility index (Phi) is 5.36. The Morgan fingerprint density at radius 1 is 1.60 bits per heavy atom. The number of methoxy groups -OCH3 is 1. The molecule has 0 saturated heterocycles. The predicted molar refractivity (Wildman–Crippen MR) is 60.8 cm³/mol. The molecule has 0 fully saturated rings. The first kappa shape index (κ1) is 12.2. The monoisotopic (exact) mass is 211 g/mol. The van der Waals surface area contributed by atoms with Gasteiger partial charge in [0.1, 0.15) is 0 Å². The minimum atomic E-state index is 0.472. The molecular formula is C11H21N3O. The highest BCUT2D eigenvalue weighted by atomic mass is 16.5. The van der Waals surface area contributed by atoms with Crippen molar-refractivity contribution in [3.8, 4) is 0 Å². The first-order valence-electron chi connectivity index (χ1n) is 5.51. The maximum Gasteiger partial charge on any atom is 0.0587 e. The van der Waals surface area contributed by atoms with Crippen molar-refractivity contribution in [2.45, 2.75) is 32.9 Å². The Balaban J connectivity index is 2.43. The molecule has 1 atom stereocenters. The van der Waals surface area contributed by atoms with Gasteiger partial charge in [-0.05, 0) is 19.4 Å². The third-order valence-electron chi connectivity index (χ3n) is 2.55. The molecule has 4 heteroatoms. The number of rotatable bonds is 7. The second-order valence-electron chi connectivity index (χ2n) is 3.69. The standard InChI is InChI=1S/C11H21N3O/c1-4-10(2)14-11(5-6-13-14)9-12-7-8-15-3/h5-6,10,12H,4,7-9H2,1-3H3/t10-/m0/s1. The molecule has 0 aliphatic heterocycles. The summed E-state index contributed by atoms with van der Waals surface area (Å²) in [4.78, 5) is 0. The first-order valence-corrected chi connectivity index (χ1v) is 5.51. The van der Waals surface area contributed by atoms with Gasteiger partial charge in [-0.1, -0.05) is 6.92 Å². The summed E-state index contributed by atoms with van der Waals surface area (Å²) in [6.07, 6.45) is 2.96. The number of nitrogens with one attached hydrogen (secondary N) is 1. The van der Waals surface area contributed by atoms with Gasteiger partial charge in [0.15, 0.2) is 0 Å². The molecule has 0 spiro atoms. The molecule has 4 nitrogen and oxygen atoms in total. The van der Waals surface area contributed by atoms with E-state index in [1.165, 1.54) is 5.69 Å². The minimum Gasteiger partial charge on any atom is -0.383 e. The van der Waals surface area contributed by atoms with Crippen LogP contribution in [0.2, 0.25) is 0 Å². The summed E-state index contributed by atoms with van der Waals surface area (Å²) in [5.41, 5.74) is 1.24. The van der Waals surface area contributed by atoms with Gasteiger partial charge in [-0.3, -0.25) is 4.68 Å². The summed E-state index contributed by atoms with van der Waals surface area (Å²) in [6, 6.07) is 2.53. The summed E-state index contributed by atoms with van der Waals surface area (Å²) < 4.78 is 7.06. The van der Waals surface area contributed by atoms with Gasteiger partial charge in [0.05, 0.1) is 12.3 Å². The van der Waals surface area contributed by atoms with Crippen LogP contribution in [-0.4, -0.2) is 30.0 Å². The molecule has 1 N–H and O–H groups in total. The highest BCUT2D eigenvalue weighted by Gasteiger charge is 2.07. The van der Waals surface area contributed by atoms with Gasteiger partial charge in [0.2, 0.25) is 0 Å². The Labute approximate surface area is 91.6 Å². The zero-order valence-corrected chi connectivity index (χ0v) is 9.86. The third kappa shape index (κ3) is 3.64. The van der Waals surface area contributed by atoms with Crippen molar-refractivity contribution < 1.29 is 4.74 Å². The maximum atomic E-state index is 4.98. The van der Waals surface area contributed by atoms with Gasteiger partial charge < -0.3 is 10.1 Å². The minimum absolute atomic E-state index is 0.472. The largest absolute Gasteiger partial charge is 0.383 e.